The Hall–Kier alpha value is -3.39. The minimum atomic E-state index is 0.0349. The zero-order chi connectivity index (χ0) is 21.1. The number of rotatable bonds is 7. The van der Waals surface area contributed by atoms with Crippen LogP contribution in [-0.4, -0.2) is 41.4 Å². The molecule has 0 atom stereocenters. The van der Waals surface area contributed by atoms with Gasteiger partial charge in [-0.2, -0.15) is 4.68 Å². The SMILES string of the molecule is Cc1cc(C(=O)CSc2nnnn2-c2ccc(O)cc2)c(C)n1Cc1ccccc1. The quantitative estimate of drug-likeness (QED) is 0.362. The van der Waals surface area contributed by atoms with E-state index >= 15 is 0 Å². The van der Waals surface area contributed by atoms with E-state index in [2.05, 4.69) is 32.2 Å². The highest BCUT2D eigenvalue weighted by Gasteiger charge is 2.18. The van der Waals surface area contributed by atoms with Crippen molar-refractivity contribution in [2.75, 3.05) is 5.75 Å². The number of hydrogen-bond acceptors (Lipinski definition) is 6. The van der Waals surface area contributed by atoms with Crippen LogP contribution in [0, 0.1) is 13.8 Å². The van der Waals surface area contributed by atoms with Crippen molar-refractivity contribution in [1.82, 2.24) is 24.8 Å². The van der Waals surface area contributed by atoms with Crippen LogP contribution in [0.4, 0.5) is 0 Å². The van der Waals surface area contributed by atoms with Crippen molar-refractivity contribution in [3.63, 3.8) is 0 Å². The van der Waals surface area contributed by atoms with Crippen LogP contribution in [0.3, 0.4) is 0 Å². The Kier molecular flexibility index (Phi) is 5.67. The number of aromatic hydroxyl groups is 1. The minimum Gasteiger partial charge on any atom is -0.508 e. The highest BCUT2D eigenvalue weighted by molar-refractivity contribution is 7.99. The summed E-state index contributed by atoms with van der Waals surface area (Å²) >= 11 is 1.29. The topological polar surface area (TPSA) is 85.8 Å². The lowest BCUT2D eigenvalue weighted by molar-refractivity contribution is 0.102. The van der Waals surface area contributed by atoms with Crippen LogP contribution in [0.1, 0.15) is 27.3 Å². The molecule has 0 saturated heterocycles. The lowest BCUT2D eigenvalue weighted by Gasteiger charge is -2.10. The van der Waals surface area contributed by atoms with Crippen LogP contribution >= 0.6 is 11.8 Å². The molecule has 2 heterocycles. The molecule has 2 aromatic heterocycles. The fraction of sp³-hybridized carbons (Fsp3) is 0.182. The third kappa shape index (κ3) is 4.13. The third-order valence-electron chi connectivity index (χ3n) is 4.93. The molecule has 0 aliphatic carbocycles. The second kappa shape index (κ2) is 8.54. The van der Waals surface area contributed by atoms with Crippen molar-refractivity contribution in [2.24, 2.45) is 0 Å². The fourth-order valence-corrected chi connectivity index (χ4v) is 4.10. The molecule has 0 bridgehead atoms. The van der Waals surface area contributed by atoms with Gasteiger partial charge in [0, 0.05) is 23.5 Å². The molecule has 7 nitrogen and oxygen atoms in total. The summed E-state index contributed by atoms with van der Waals surface area (Å²) in [6, 6.07) is 18.7. The molecule has 2 aromatic carbocycles. The van der Waals surface area contributed by atoms with Gasteiger partial charge in [-0.3, -0.25) is 4.79 Å². The van der Waals surface area contributed by atoms with Crippen molar-refractivity contribution in [3.05, 3.63) is 83.2 Å². The van der Waals surface area contributed by atoms with Crippen molar-refractivity contribution in [2.45, 2.75) is 25.5 Å². The largest absolute Gasteiger partial charge is 0.508 e. The number of thioether (sulfide) groups is 1. The highest BCUT2D eigenvalue weighted by Crippen LogP contribution is 2.23. The summed E-state index contributed by atoms with van der Waals surface area (Å²) < 4.78 is 3.71. The van der Waals surface area contributed by atoms with Gasteiger partial charge in [0.25, 0.3) is 0 Å². The molecule has 0 amide bonds. The van der Waals surface area contributed by atoms with Gasteiger partial charge in [-0.1, -0.05) is 42.1 Å². The zero-order valence-corrected chi connectivity index (χ0v) is 17.5. The van der Waals surface area contributed by atoms with Gasteiger partial charge in [-0.05, 0) is 60.2 Å². The number of phenols is 1. The Labute approximate surface area is 178 Å². The Bertz CT molecular complexity index is 1170. The summed E-state index contributed by atoms with van der Waals surface area (Å²) in [5.41, 5.74) is 4.65. The molecule has 8 heteroatoms. The first-order valence-electron chi connectivity index (χ1n) is 9.47. The number of nitrogens with zero attached hydrogens (tertiary/aromatic N) is 5. The van der Waals surface area contributed by atoms with E-state index in [9.17, 15) is 9.90 Å². The second-order valence-corrected chi connectivity index (χ2v) is 7.90. The molecule has 30 heavy (non-hydrogen) atoms. The Morgan fingerprint density at radius 2 is 1.80 bits per heavy atom. The van der Waals surface area contributed by atoms with Crippen LogP contribution < -0.4 is 0 Å². The molecule has 0 spiro atoms. The second-order valence-electron chi connectivity index (χ2n) is 6.96. The number of Topliss-reactive ketones (excluding diaryl/α,β-unsaturated/α-hetero) is 1. The van der Waals surface area contributed by atoms with Gasteiger partial charge in [0.15, 0.2) is 5.78 Å². The smallest absolute Gasteiger partial charge is 0.214 e. The summed E-state index contributed by atoms with van der Waals surface area (Å²) in [5, 5.41) is 21.7. The molecule has 0 aliphatic heterocycles. The highest BCUT2D eigenvalue weighted by atomic mass is 32.2. The van der Waals surface area contributed by atoms with E-state index in [4.69, 9.17) is 0 Å². The standard InChI is InChI=1S/C22H21N5O2S/c1-15-12-20(16(2)26(15)13-17-6-4-3-5-7-17)21(29)14-30-22-23-24-25-27(22)18-8-10-19(28)11-9-18/h3-12,28H,13-14H2,1-2H3. The first-order valence-corrected chi connectivity index (χ1v) is 10.5. The fourth-order valence-electron chi connectivity index (χ4n) is 3.33. The van der Waals surface area contributed by atoms with Crippen LogP contribution in [-0.2, 0) is 6.54 Å². The number of aromatic nitrogens is 5. The summed E-state index contributed by atoms with van der Waals surface area (Å²) in [6.07, 6.45) is 0. The van der Waals surface area contributed by atoms with E-state index in [-0.39, 0.29) is 17.3 Å². The predicted molar refractivity (Wildman–Crippen MR) is 115 cm³/mol. The summed E-state index contributed by atoms with van der Waals surface area (Å²) in [5.74, 6) is 0.434. The molecule has 0 saturated carbocycles. The van der Waals surface area contributed by atoms with Gasteiger partial charge < -0.3 is 9.67 Å². The van der Waals surface area contributed by atoms with E-state index in [0.717, 1.165) is 23.5 Å². The molecule has 152 valence electrons. The predicted octanol–water partition coefficient (Wildman–Crippen LogP) is 3.81. The van der Waals surface area contributed by atoms with Gasteiger partial charge in [-0.15, -0.1) is 5.10 Å². The monoisotopic (exact) mass is 419 g/mol. The summed E-state index contributed by atoms with van der Waals surface area (Å²) in [7, 11) is 0. The zero-order valence-electron chi connectivity index (χ0n) is 16.7. The lowest BCUT2D eigenvalue weighted by atomic mass is 10.2. The molecular formula is C22H21N5O2S. The molecule has 0 fully saturated rings. The Morgan fingerprint density at radius 3 is 2.53 bits per heavy atom. The average molecular weight is 420 g/mol. The average Bonchev–Trinajstić information content (AvgIpc) is 3.33. The van der Waals surface area contributed by atoms with Crippen LogP contribution in [0.5, 0.6) is 5.75 Å². The van der Waals surface area contributed by atoms with E-state index < -0.39 is 0 Å². The Morgan fingerprint density at radius 1 is 1.07 bits per heavy atom. The molecule has 1 N–H and O–H groups in total. The van der Waals surface area contributed by atoms with E-state index in [1.165, 1.54) is 17.3 Å². The van der Waals surface area contributed by atoms with Gasteiger partial charge in [-0.25, -0.2) is 0 Å². The number of hydrogen-bond donors (Lipinski definition) is 1. The summed E-state index contributed by atoms with van der Waals surface area (Å²) in [4.78, 5) is 12.9. The van der Waals surface area contributed by atoms with Gasteiger partial charge in [0.1, 0.15) is 5.75 Å². The molecule has 0 radical (unpaired) electrons. The first kappa shape index (κ1) is 19.9. The first-order chi connectivity index (χ1) is 14.5. The van der Waals surface area contributed by atoms with E-state index in [1.807, 2.05) is 38.1 Å². The van der Waals surface area contributed by atoms with Gasteiger partial charge in [0.2, 0.25) is 5.16 Å². The normalized spacial score (nSPS) is 11.0. The van der Waals surface area contributed by atoms with Crippen molar-refractivity contribution in [3.8, 4) is 11.4 Å². The maximum atomic E-state index is 12.9. The third-order valence-corrected chi connectivity index (χ3v) is 5.84. The molecular weight excluding hydrogens is 398 g/mol. The summed E-state index contributed by atoms with van der Waals surface area (Å²) in [6.45, 7) is 4.73. The number of carbonyl (C=O) groups excluding carboxylic acids is 1. The molecule has 0 aliphatic rings. The maximum absolute atomic E-state index is 12.9. The maximum Gasteiger partial charge on any atom is 0.214 e. The number of tetrazole rings is 1. The minimum absolute atomic E-state index is 0.0349. The number of phenolic OH excluding ortho intramolecular Hbond substituents is 1. The number of aryl methyl sites for hydroxylation is 1. The van der Waals surface area contributed by atoms with Gasteiger partial charge >= 0.3 is 0 Å². The number of benzene rings is 2. The van der Waals surface area contributed by atoms with Crippen molar-refractivity contribution in [1.29, 1.82) is 0 Å². The van der Waals surface area contributed by atoms with Crippen LogP contribution in [0.25, 0.3) is 5.69 Å². The molecule has 4 rings (SSSR count). The molecule has 0 unspecified atom stereocenters. The van der Waals surface area contributed by atoms with Crippen molar-refractivity contribution < 1.29 is 9.90 Å². The van der Waals surface area contributed by atoms with Crippen molar-refractivity contribution >= 4 is 17.5 Å². The lowest BCUT2D eigenvalue weighted by Crippen LogP contribution is -2.08. The number of carbonyl (C=O) groups is 1. The van der Waals surface area contributed by atoms with Gasteiger partial charge in [0.05, 0.1) is 11.4 Å². The van der Waals surface area contributed by atoms with E-state index in [0.29, 0.717) is 10.8 Å². The molecule has 4 aromatic rings. The van der Waals surface area contributed by atoms with Crippen LogP contribution in [0.15, 0.2) is 65.8 Å². The number of ketones is 1. The Balaban J connectivity index is 1.49. The van der Waals surface area contributed by atoms with Crippen LogP contribution in [0.2, 0.25) is 0 Å². The van der Waals surface area contributed by atoms with E-state index in [1.54, 1.807) is 28.9 Å².